The Bertz CT molecular complexity index is 630. The Hall–Kier alpha value is -2.29. The Morgan fingerprint density at radius 3 is 2.48 bits per heavy atom. The fraction of sp³-hybridized carbons (Fsp3) is 0.529. The normalized spacial score (nSPS) is 23.7. The van der Waals surface area contributed by atoms with Crippen molar-refractivity contribution < 1.29 is 23.4 Å². The van der Waals surface area contributed by atoms with Crippen molar-refractivity contribution in [2.24, 2.45) is 5.41 Å². The molecule has 0 N–H and O–H groups in total. The third kappa shape index (κ3) is 3.73. The lowest BCUT2D eigenvalue weighted by Crippen LogP contribution is -2.29. The molecule has 0 spiro atoms. The van der Waals surface area contributed by atoms with Gasteiger partial charge in [-0.15, -0.1) is 0 Å². The number of nitrogens with zero attached hydrogens (tertiary/aromatic N) is 1. The van der Waals surface area contributed by atoms with Crippen LogP contribution in [0, 0.1) is 22.6 Å². The lowest BCUT2D eigenvalue weighted by atomic mass is 9.76. The zero-order valence-corrected chi connectivity index (χ0v) is 13.5. The van der Waals surface area contributed by atoms with E-state index < -0.39 is 11.8 Å². The first-order valence-electron chi connectivity index (χ1n) is 7.46. The SMILES string of the molecule is COC(=O)c1cc(O[C@H]2CC[C@@](C)(C#N)CC2)c(F)cc1OC. The van der Waals surface area contributed by atoms with Crippen molar-refractivity contribution >= 4 is 5.97 Å². The number of halogens is 1. The van der Waals surface area contributed by atoms with Gasteiger partial charge in [0, 0.05) is 12.1 Å². The summed E-state index contributed by atoms with van der Waals surface area (Å²) in [5.41, 5.74) is -0.223. The van der Waals surface area contributed by atoms with Crippen molar-refractivity contribution in [1.29, 1.82) is 5.26 Å². The van der Waals surface area contributed by atoms with Crippen molar-refractivity contribution in [3.8, 4) is 17.6 Å². The minimum absolute atomic E-state index is 0.00300. The second kappa shape index (κ2) is 6.86. The van der Waals surface area contributed by atoms with Crippen molar-refractivity contribution in [2.75, 3.05) is 14.2 Å². The predicted molar refractivity (Wildman–Crippen MR) is 80.9 cm³/mol. The highest BCUT2D eigenvalue weighted by Crippen LogP contribution is 2.37. The molecule has 0 bridgehead atoms. The van der Waals surface area contributed by atoms with Crippen molar-refractivity contribution in [3.05, 3.63) is 23.5 Å². The number of carbonyl (C=O) groups is 1. The Morgan fingerprint density at radius 2 is 1.96 bits per heavy atom. The molecule has 2 rings (SSSR count). The summed E-state index contributed by atoms with van der Waals surface area (Å²) >= 11 is 0. The molecule has 0 amide bonds. The van der Waals surface area contributed by atoms with Gasteiger partial charge < -0.3 is 14.2 Å². The number of rotatable bonds is 4. The smallest absolute Gasteiger partial charge is 0.341 e. The van der Waals surface area contributed by atoms with E-state index in [2.05, 4.69) is 10.8 Å². The number of esters is 1. The van der Waals surface area contributed by atoms with E-state index in [0.29, 0.717) is 25.7 Å². The van der Waals surface area contributed by atoms with Crippen LogP contribution in [0.2, 0.25) is 0 Å². The van der Waals surface area contributed by atoms with Crippen LogP contribution in [0.4, 0.5) is 4.39 Å². The molecule has 124 valence electrons. The van der Waals surface area contributed by atoms with Crippen molar-refractivity contribution in [3.63, 3.8) is 0 Å². The molecule has 1 aromatic rings. The van der Waals surface area contributed by atoms with Gasteiger partial charge in [0.1, 0.15) is 11.3 Å². The first kappa shape index (κ1) is 17.1. The summed E-state index contributed by atoms with van der Waals surface area (Å²) in [5, 5.41) is 9.14. The van der Waals surface area contributed by atoms with Crippen LogP contribution >= 0.6 is 0 Å². The van der Waals surface area contributed by atoms with E-state index in [1.165, 1.54) is 20.3 Å². The van der Waals surface area contributed by atoms with E-state index in [4.69, 9.17) is 14.7 Å². The maximum atomic E-state index is 14.1. The molecule has 1 aliphatic rings. The van der Waals surface area contributed by atoms with E-state index in [1.807, 2.05) is 6.92 Å². The number of carbonyl (C=O) groups excluding carboxylic acids is 1. The largest absolute Gasteiger partial charge is 0.496 e. The standard InChI is InChI=1S/C17H20FNO4/c1-17(10-19)6-4-11(5-7-17)23-15-8-12(16(20)22-3)14(21-2)9-13(15)18/h8-9,11H,4-7H2,1-3H3/t11-,17+. The summed E-state index contributed by atoms with van der Waals surface area (Å²) < 4.78 is 29.5. The maximum absolute atomic E-state index is 14.1. The first-order valence-corrected chi connectivity index (χ1v) is 7.46. The highest BCUT2D eigenvalue weighted by Gasteiger charge is 2.32. The molecule has 0 aromatic heterocycles. The summed E-state index contributed by atoms with van der Waals surface area (Å²) in [7, 11) is 2.60. The van der Waals surface area contributed by atoms with E-state index in [0.717, 1.165) is 6.07 Å². The van der Waals surface area contributed by atoms with Crippen molar-refractivity contribution in [2.45, 2.75) is 38.7 Å². The van der Waals surface area contributed by atoms with Gasteiger partial charge in [-0.1, -0.05) is 0 Å². The lowest BCUT2D eigenvalue weighted by Gasteiger charge is -2.32. The third-order valence-electron chi connectivity index (χ3n) is 4.26. The van der Waals surface area contributed by atoms with Crippen LogP contribution in [0.3, 0.4) is 0 Å². The summed E-state index contributed by atoms with van der Waals surface area (Å²) in [5.74, 6) is -1.12. The topological polar surface area (TPSA) is 68.5 Å². The maximum Gasteiger partial charge on any atom is 0.341 e. The summed E-state index contributed by atoms with van der Waals surface area (Å²) in [6.45, 7) is 1.92. The molecule has 0 radical (unpaired) electrons. The van der Waals surface area contributed by atoms with Gasteiger partial charge in [0.05, 0.1) is 31.8 Å². The Morgan fingerprint density at radius 1 is 1.30 bits per heavy atom. The van der Waals surface area contributed by atoms with Gasteiger partial charge in [0.2, 0.25) is 0 Å². The summed E-state index contributed by atoms with van der Waals surface area (Å²) in [6, 6.07) is 4.73. The molecule has 0 unspecified atom stereocenters. The highest BCUT2D eigenvalue weighted by atomic mass is 19.1. The molecule has 1 aliphatic carbocycles. The molecule has 23 heavy (non-hydrogen) atoms. The Kier molecular flexibility index (Phi) is 5.09. The van der Waals surface area contributed by atoms with Gasteiger partial charge in [-0.05, 0) is 32.6 Å². The quantitative estimate of drug-likeness (QED) is 0.794. The number of hydrogen-bond acceptors (Lipinski definition) is 5. The summed E-state index contributed by atoms with van der Waals surface area (Å²) in [6.07, 6.45) is 2.57. The van der Waals surface area contributed by atoms with Crippen LogP contribution in [0.1, 0.15) is 43.0 Å². The van der Waals surface area contributed by atoms with Gasteiger partial charge in [-0.3, -0.25) is 0 Å². The van der Waals surface area contributed by atoms with Gasteiger partial charge in [-0.2, -0.15) is 5.26 Å². The fourth-order valence-corrected chi connectivity index (χ4v) is 2.70. The van der Waals surface area contributed by atoms with Crippen LogP contribution < -0.4 is 9.47 Å². The van der Waals surface area contributed by atoms with Crippen LogP contribution in [-0.4, -0.2) is 26.3 Å². The molecule has 0 atom stereocenters. The van der Waals surface area contributed by atoms with Gasteiger partial charge in [0.25, 0.3) is 0 Å². The molecule has 0 aliphatic heterocycles. The number of benzene rings is 1. The average Bonchev–Trinajstić information content (AvgIpc) is 2.57. The molecule has 1 fully saturated rings. The third-order valence-corrected chi connectivity index (χ3v) is 4.26. The van der Waals surface area contributed by atoms with Gasteiger partial charge in [0.15, 0.2) is 11.6 Å². The minimum Gasteiger partial charge on any atom is -0.496 e. The van der Waals surface area contributed by atoms with Gasteiger partial charge >= 0.3 is 5.97 Å². The molecule has 1 saturated carbocycles. The average molecular weight is 321 g/mol. The number of hydrogen-bond donors (Lipinski definition) is 0. The molecule has 6 heteroatoms. The predicted octanol–water partition coefficient (Wildman–Crippen LogP) is 3.47. The Balaban J connectivity index is 2.18. The van der Waals surface area contributed by atoms with Crippen LogP contribution in [0.15, 0.2) is 12.1 Å². The molecule has 0 heterocycles. The van der Waals surface area contributed by atoms with E-state index in [-0.39, 0.29) is 28.6 Å². The molecule has 0 saturated heterocycles. The van der Waals surface area contributed by atoms with Gasteiger partial charge in [-0.25, -0.2) is 9.18 Å². The lowest BCUT2D eigenvalue weighted by molar-refractivity contribution is 0.0595. The second-order valence-electron chi connectivity index (χ2n) is 5.96. The van der Waals surface area contributed by atoms with Crippen LogP contribution in [0.5, 0.6) is 11.5 Å². The molecule has 5 nitrogen and oxygen atoms in total. The van der Waals surface area contributed by atoms with E-state index in [1.54, 1.807) is 0 Å². The minimum atomic E-state index is -0.618. The van der Waals surface area contributed by atoms with Crippen molar-refractivity contribution in [1.82, 2.24) is 0 Å². The highest BCUT2D eigenvalue weighted by molar-refractivity contribution is 5.93. The second-order valence-corrected chi connectivity index (χ2v) is 5.96. The fourth-order valence-electron chi connectivity index (χ4n) is 2.70. The van der Waals surface area contributed by atoms with Crippen LogP contribution in [-0.2, 0) is 4.74 Å². The van der Waals surface area contributed by atoms with Crippen LogP contribution in [0.25, 0.3) is 0 Å². The monoisotopic (exact) mass is 321 g/mol. The number of methoxy groups -OCH3 is 2. The number of nitriles is 1. The van der Waals surface area contributed by atoms with E-state index >= 15 is 0 Å². The Labute approximate surface area is 135 Å². The zero-order chi connectivity index (χ0) is 17.0. The molecular formula is C17H20FNO4. The first-order chi connectivity index (χ1) is 10.9. The number of ether oxygens (including phenoxy) is 3. The molecular weight excluding hydrogens is 301 g/mol. The van der Waals surface area contributed by atoms with E-state index in [9.17, 15) is 9.18 Å². The summed E-state index contributed by atoms with van der Waals surface area (Å²) in [4.78, 5) is 11.8. The molecule has 1 aromatic carbocycles. The zero-order valence-electron chi connectivity index (χ0n) is 13.5.